The molecule has 2 saturated carbocycles. The highest BCUT2D eigenvalue weighted by Gasteiger charge is 2.49. The predicted molar refractivity (Wildman–Crippen MR) is 44.6 cm³/mol. The van der Waals surface area contributed by atoms with Crippen LogP contribution in [0, 0.1) is 29.1 Å². The van der Waals surface area contributed by atoms with E-state index in [0.717, 1.165) is 25.7 Å². The molecule has 2 aliphatic carbocycles. The second kappa shape index (κ2) is 2.95. The molecule has 0 amide bonds. The molecule has 0 N–H and O–H groups in total. The zero-order chi connectivity index (χ0) is 9.42. The van der Waals surface area contributed by atoms with Gasteiger partial charge < -0.3 is 0 Å². The fourth-order valence-corrected chi connectivity index (χ4v) is 2.51. The van der Waals surface area contributed by atoms with Gasteiger partial charge in [0.25, 0.3) is 0 Å². The zero-order valence-corrected chi connectivity index (χ0v) is 7.32. The largest absolute Gasteiger partial charge is 0.297 e. The number of fused-ring (bicyclic) bond motifs is 1. The Balaban J connectivity index is 2.29. The van der Waals surface area contributed by atoms with Crippen molar-refractivity contribution in [2.24, 2.45) is 17.8 Å². The van der Waals surface area contributed by atoms with Gasteiger partial charge >= 0.3 is 0 Å². The average molecular weight is 177 g/mol. The third-order valence-electron chi connectivity index (χ3n) is 3.19. The maximum Gasteiger partial charge on any atom is 0.163 e. The number of nitriles is 1. The summed E-state index contributed by atoms with van der Waals surface area (Å²) in [6.45, 7) is 0. The van der Waals surface area contributed by atoms with E-state index in [9.17, 15) is 9.59 Å². The minimum absolute atomic E-state index is 0.114. The summed E-state index contributed by atoms with van der Waals surface area (Å²) in [6.07, 6.45) is 3.68. The molecule has 2 atom stereocenters. The van der Waals surface area contributed by atoms with Gasteiger partial charge in [0.2, 0.25) is 0 Å². The highest BCUT2D eigenvalue weighted by atomic mass is 16.2. The Hall–Kier alpha value is -1.17. The molecule has 3 heteroatoms. The van der Waals surface area contributed by atoms with Gasteiger partial charge in [-0.15, -0.1) is 0 Å². The van der Waals surface area contributed by atoms with Gasteiger partial charge in [-0.1, -0.05) is 12.8 Å². The van der Waals surface area contributed by atoms with E-state index >= 15 is 0 Å². The fourth-order valence-electron chi connectivity index (χ4n) is 2.51. The molecule has 0 saturated heterocycles. The quantitative estimate of drug-likeness (QED) is 0.520. The monoisotopic (exact) mass is 177 g/mol. The van der Waals surface area contributed by atoms with Gasteiger partial charge in [0.05, 0.1) is 6.07 Å². The van der Waals surface area contributed by atoms with Crippen LogP contribution in [0.2, 0.25) is 0 Å². The van der Waals surface area contributed by atoms with Crippen LogP contribution < -0.4 is 0 Å². The second-order valence-electron chi connectivity index (χ2n) is 3.86. The van der Waals surface area contributed by atoms with Crippen LogP contribution in [0.5, 0.6) is 0 Å². The lowest BCUT2D eigenvalue weighted by molar-refractivity contribution is -0.126. The highest BCUT2D eigenvalue weighted by molar-refractivity contribution is 6.13. The van der Waals surface area contributed by atoms with Crippen LogP contribution in [0.3, 0.4) is 0 Å². The first-order chi connectivity index (χ1) is 6.25. The summed E-state index contributed by atoms with van der Waals surface area (Å²) in [4.78, 5) is 23.1. The van der Waals surface area contributed by atoms with Gasteiger partial charge in [-0.05, 0) is 12.8 Å². The van der Waals surface area contributed by atoms with Crippen LogP contribution in [0.25, 0.3) is 0 Å². The molecule has 3 nitrogen and oxygen atoms in total. The molecule has 2 fully saturated rings. The molecule has 0 aromatic carbocycles. The first-order valence-electron chi connectivity index (χ1n) is 4.73. The number of ketones is 2. The highest BCUT2D eigenvalue weighted by Crippen LogP contribution is 2.40. The molecule has 13 heavy (non-hydrogen) atoms. The molecule has 0 bridgehead atoms. The first-order valence-corrected chi connectivity index (χ1v) is 4.73. The number of rotatable bonds is 0. The topological polar surface area (TPSA) is 57.9 Å². The number of hydrogen-bond donors (Lipinski definition) is 0. The van der Waals surface area contributed by atoms with Crippen molar-refractivity contribution in [3.05, 3.63) is 0 Å². The smallest absolute Gasteiger partial charge is 0.163 e. The van der Waals surface area contributed by atoms with Crippen molar-refractivity contribution < 1.29 is 9.59 Å². The van der Waals surface area contributed by atoms with Crippen molar-refractivity contribution in [2.45, 2.75) is 25.7 Å². The van der Waals surface area contributed by atoms with Crippen molar-refractivity contribution in [3.63, 3.8) is 0 Å². The van der Waals surface area contributed by atoms with Gasteiger partial charge in [0, 0.05) is 11.8 Å². The molecule has 0 heterocycles. The molecule has 2 rings (SSSR count). The summed E-state index contributed by atoms with van der Waals surface area (Å²) in [7, 11) is 0. The van der Waals surface area contributed by atoms with E-state index in [0.29, 0.717) is 0 Å². The lowest BCUT2D eigenvalue weighted by Gasteiger charge is -2.21. The minimum Gasteiger partial charge on any atom is -0.297 e. The van der Waals surface area contributed by atoms with Gasteiger partial charge in [-0.25, -0.2) is 0 Å². The van der Waals surface area contributed by atoms with E-state index in [-0.39, 0.29) is 23.4 Å². The molecular weight excluding hydrogens is 166 g/mol. The molecular formula is C10H11NO2. The zero-order valence-electron chi connectivity index (χ0n) is 7.32. The van der Waals surface area contributed by atoms with E-state index in [4.69, 9.17) is 5.26 Å². The third-order valence-corrected chi connectivity index (χ3v) is 3.19. The van der Waals surface area contributed by atoms with Gasteiger partial charge in [0.1, 0.15) is 0 Å². The Bertz CT molecular complexity index is 279. The Morgan fingerprint density at radius 2 is 1.54 bits per heavy atom. The molecule has 2 aliphatic rings. The minimum atomic E-state index is -0.937. The van der Waals surface area contributed by atoms with Crippen molar-refractivity contribution in [2.75, 3.05) is 0 Å². The van der Waals surface area contributed by atoms with Crippen LogP contribution in [0.1, 0.15) is 25.7 Å². The van der Waals surface area contributed by atoms with Crippen LogP contribution in [-0.2, 0) is 9.59 Å². The van der Waals surface area contributed by atoms with Crippen molar-refractivity contribution in [3.8, 4) is 6.07 Å². The van der Waals surface area contributed by atoms with Gasteiger partial charge in [-0.3, -0.25) is 9.59 Å². The number of nitrogens with zero attached hydrogens (tertiary/aromatic N) is 1. The molecule has 0 aromatic heterocycles. The second-order valence-corrected chi connectivity index (χ2v) is 3.86. The van der Waals surface area contributed by atoms with E-state index in [1.165, 1.54) is 0 Å². The van der Waals surface area contributed by atoms with Crippen LogP contribution in [0.4, 0.5) is 0 Å². The first kappa shape index (κ1) is 8.43. The van der Waals surface area contributed by atoms with Crippen LogP contribution >= 0.6 is 0 Å². The average Bonchev–Trinajstić information content (AvgIpc) is 2.41. The van der Waals surface area contributed by atoms with E-state index in [1.807, 2.05) is 6.07 Å². The Labute approximate surface area is 76.7 Å². The number of carbonyl (C=O) groups is 2. The lowest BCUT2D eigenvalue weighted by Crippen LogP contribution is -2.21. The number of carbonyl (C=O) groups excluding carboxylic acids is 2. The third kappa shape index (κ3) is 1.09. The van der Waals surface area contributed by atoms with Gasteiger partial charge in [-0.2, -0.15) is 5.26 Å². The molecule has 68 valence electrons. The molecule has 0 aromatic rings. The maximum atomic E-state index is 11.5. The fraction of sp³-hybridized carbons (Fsp3) is 0.700. The summed E-state index contributed by atoms with van der Waals surface area (Å²) < 4.78 is 0. The maximum absolute atomic E-state index is 11.5. The van der Waals surface area contributed by atoms with E-state index in [1.54, 1.807) is 0 Å². The van der Waals surface area contributed by atoms with Crippen LogP contribution in [0.15, 0.2) is 0 Å². The summed E-state index contributed by atoms with van der Waals surface area (Å²) >= 11 is 0. The van der Waals surface area contributed by atoms with Gasteiger partial charge in [0.15, 0.2) is 17.5 Å². The molecule has 0 radical (unpaired) electrons. The predicted octanol–water partition coefficient (Wildman–Crippen LogP) is 1.08. The standard InChI is InChI=1S/C10H11NO2/c11-5-8-9(12)6-3-1-2-4-7(6)10(8)13/h6-8H,1-4H2. The number of Topliss-reactive ketones (excluding diaryl/α,β-unsaturated/α-hetero) is 2. The SMILES string of the molecule is N#CC1C(=O)C2CCCCC2C1=O. The Morgan fingerprint density at radius 1 is 1.08 bits per heavy atom. The summed E-state index contributed by atoms with van der Waals surface area (Å²) in [5.41, 5.74) is 0. The number of hydrogen-bond acceptors (Lipinski definition) is 3. The Morgan fingerprint density at radius 3 is 1.92 bits per heavy atom. The van der Waals surface area contributed by atoms with Crippen LogP contribution in [-0.4, -0.2) is 11.6 Å². The molecule has 0 spiro atoms. The van der Waals surface area contributed by atoms with E-state index in [2.05, 4.69) is 0 Å². The Kier molecular flexibility index (Phi) is 1.91. The van der Waals surface area contributed by atoms with E-state index < -0.39 is 5.92 Å². The molecule has 2 unspecified atom stereocenters. The van der Waals surface area contributed by atoms with Crippen molar-refractivity contribution in [1.29, 1.82) is 5.26 Å². The summed E-state index contributed by atoms with van der Waals surface area (Å²) in [6, 6.07) is 1.82. The van der Waals surface area contributed by atoms with Crippen molar-refractivity contribution >= 4 is 11.6 Å². The summed E-state index contributed by atoms with van der Waals surface area (Å²) in [5, 5.41) is 8.66. The molecule has 0 aliphatic heterocycles. The lowest BCUT2D eigenvalue weighted by atomic mass is 9.81. The van der Waals surface area contributed by atoms with Crippen molar-refractivity contribution in [1.82, 2.24) is 0 Å². The normalized spacial score (nSPS) is 38.5. The summed E-state index contributed by atoms with van der Waals surface area (Å²) in [5.74, 6) is -1.40.